The smallest absolute Gasteiger partial charge is 0.262 e. The van der Waals surface area contributed by atoms with Gasteiger partial charge in [-0.3, -0.25) is 4.79 Å². The molecule has 0 aliphatic carbocycles. The zero-order valence-electron chi connectivity index (χ0n) is 14.4. The number of hydrogen-bond acceptors (Lipinski definition) is 5. The van der Waals surface area contributed by atoms with Crippen molar-refractivity contribution in [1.82, 2.24) is 9.97 Å². The Morgan fingerprint density at radius 2 is 2.04 bits per heavy atom. The lowest BCUT2D eigenvalue weighted by Crippen LogP contribution is -2.23. The van der Waals surface area contributed by atoms with Gasteiger partial charge in [0.05, 0.1) is 0 Å². The van der Waals surface area contributed by atoms with E-state index in [1.165, 1.54) is 0 Å². The number of aromatic nitrogens is 2. The molecule has 1 aromatic carbocycles. The molecule has 0 spiro atoms. The fraction of sp³-hybridized carbons (Fsp3) is 0.389. The highest BCUT2D eigenvalue weighted by atomic mass is 35.5. The van der Waals surface area contributed by atoms with Crippen LogP contribution in [0.15, 0.2) is 24.3 Å². The minimum Gasteiger partial charge on any atom is -0.467 e. The number of carbonyl (C=O) groups excluding carboxylic acids is 1. The average molecular weight is 361 g/mol. The Bertz CT molecular complexity index is 776. The number of anilines is 2. The molecule has 1 amide bonds. The van der Waals surface area contributed by atoms with Gasteiger partial charge in [-0.05, 0) is 44.4 Å². The third-order valence-electron chi connectivity index (χ3n) is 4.10. The number of benzene rings is 1. The van der Waals surface area contributed by atoms with Crippen molar-refractivity contribution >= 4 is 29.1 Å². The van der Waals surface area contributed by atoms with Crippen LogP contribution in [0.25, 0.3) is 0 Å². The second kappa shape index (κ2) is 7.70. The van der Waals surface area contributed by atoms with E-state index in [0.717, 1.165) is 37.2 Å². The molecule has 0 saturated carbocycles. The molecule has 1 N–H and O–H groups in total. The SMILES string of the molecule is Cc1cc(OCC(=O)Nc2cccc(Cl)c2C)nc(N2CCCC2)n1. The van der Waals surface area contributed by atoms with Crippen LogP contribution in [0.5, 0.6) is 5.88 Å². The van der Waals surface area contributed by atoms with Crippen molar-refractivity contribution in [3.63, 3.8) is 0 Å². The number of nitrogens with one attached hydrogen (secondary N) is 1. The zero-order valence-corrected chi connectivity index (χ0v) is 15.1. The number of amides is 1. The van der Waals surface area contributed by atoms with Crippen LogP contribution in [0.3, 0.4) is 0 Å². The van der Waals surface area contributed by atoms with E-state index in [1.807, 2.05) is 13.8 Å². The van der Waals surface area contributed by atoms with Gasteiger partial charge in [0.1, 0.15) is 0 Å². The van der Waals surface area contributed by atoms with Crippen molar-refractivity contribution in [3.05, 3.63) is 40.5 Å². The molecule has 7 heteroatoms. The van der Waals surface area contributed by atoms with Gasteiger partial charge in [0, 0.05) is 35.6 Å². The molecule has 1 aromatic heterocycles. The van der Waals surface area contributed by atoms with E-state index >= 15 is 0 Å². The summed E-state index contributed by atoms with van der Waals surface area (Å²) in [5.74, 6) is 0.815. The minimum atomic E-state index is -0.260. The average Bonchev–Trinajstić information content (AvgIpc) is 3.11. The van der Waals surface area contributed by atoms with Crippen molar-refractivity contribution in [2.75, 3.05) is 29.9 Å². The Kier molecular flexibility index (Phi) is 5.38. The normalized spacial score (nSPS) is 13.8. The molecule has 0 unspecified atom stereocenters. The minimum absolute atomic E-state index is 0.123. The van der Waals surface area contributed by atoms with Gasteiger partial charge in [-0.25, -0.2) is 4.98 Å². The van der Waals surface area contributed by atoms with Crippen LogP contribution in [0.4, 0.5) is 11.6 Å². The fourth-order valence-electron chi connectivity index (χ4n) is 2.73. The van der Waals surface area contributed by atoms with Gasteiger partial charge in [0.25, 0.3) is 5.91 Å². The predicted octanol–water partition coefficient (Wildman–Crippen LogP) is 3.36. The van der Waals surface area contributed by atoms with E-state index in [4.69, 9.17) is 16.3 Å². The molecule has 3 rings (SSSR count). The van der Waals surface area contributed by atoms with Crippen molar-refractivity contribution in [2.24, 2.45) is 0 Å². The standard InChI is InChI=1S/C18H21ClN4O2/c1-12-10-17(22-18(20-12)23-8-3-4-9-23)25-11-16(24)21-15-7-5-6-14(19)13(15)2/h5-7,10H,3-4,8-9,11H2,1-2H3,(H,21,24). The molecule has 6 nitrogen and oxygen atoms in total. The predicted molar refractivity (Wildman–Crippen MR) is 98.5 cm³/mol. The van der Waals surface area contributed by atoms with Crippen LogP contribution in [0.2, 0.25) is 5.02 Å². The van der Waals surface area contributed by atoms with Crippen LogP contribution in [0, 0.1) is 13.8 Å². The number of rotatable bonds is 5. The van der Waals surface area contributed by atoms with E-state index < -0.39 is 0 Å². The van der Waals surface area contributed by atoms with E-state index in [2.05, 4.69) is 20.2 Å². The molecule has 2 aromatic rings. The number of halogens is 1. The maximum absolute atomic E-state index is 12.1. The van der Waals surface area contributed by atoms with Gasteiger partial charge in [0.15, 0.2) is 6.61 Å². The maximum Gasteiger partial charge on any atom is 0.262 e. The van der Waals surface area contributed by atoms with Crippen LogP contribution < -0.4 is 15.0 Å². The summed E-state index contributed by atoms with van der Waals surface area (Å²) in [4.78, 5) is 23.1. The quantitative estimate of drug-likeness (QED) is 0.885. The number of aryl methyl sites for hydroxylation is 1. The third kappa shape index (κ3) is 4.39. The van der Waals surface area contributed by atoms with Crippen LogP contribution in [-0.2, 0) is 4.79 Å². The molecule has 0 radical (unpaired) electrons. The molecule has 132 valence electrons. The lowest BCUT2D eigenvalue weighted by atomic mass is 10.2. The maximum atomic E-state index is 12.1. The second-order valence-electron chi connectivity index (χ2n) is 6.09. The first-order chi connectivity index (χ1) is 12.0. The van der Waals surface area contributed by atoms with Gasteiger partial charge in [-0.1, -0.05) is 17.7 Å². The summed E-state index contributed by atoms with van der Waals surface area (Å²) < 4.78 is 5.57. The van der Waals surface area contributed by atoms with E-state index in [-0.39, 0.29) is 12.5 Å². The summed E-state index contributed by atoms with van der Waals surface area (Å²) in [5, 5.41) is 3.41. The lowest BCUT2D eigenvalue weighted by Gasteiger charge is -2.16. The van der Waals surface area contributed by atoms with Gasteiger partial charge in [0.2, 0.25) is 11.8 Å². The summed E-state index contributed by atoms with van der Waals surface area (Å²) in [6.45, 7) is 5.54. The molecule has 25 heavy (non-hydrogen) atoms. The zero-order chi connectivity index (χ0) is 17.8. The summed E-state index contributed by atoms with van der Waals surface area (Å²) in [6.07, 6.45) is 2.30. The molecule has 0 bridgehead atoms. The van der Waals surface area contributed by atoms with Crippen LogP contribution >= 0.6 is 11.6 Å². The highest BCUT2D eigenvalue weighted by molar-refractivity contribution is 6.31. The number of hydrogen-bond donors (Lipinski definition) is 1. The first kappa shape index (κ1) is 17.5. The van der Waals surface area contributed by atoms with Crippen molar-refractivity contribution in [1.29, 1.82) is 0 Å². The summed E-state index contributed by atoms with van der Waals surface area (Å²) in [6, 6.07) is 7.12. The van der Waals surface area contributed by atoms with Gasteiger partial charge >= 0.3 is 0 Å². The largest absolute Gasteiger partial charge is 0.467 e. The Balaban J connectivity index is 1.63. The Morgan fingerprint density at radius 1 is 1.28 bits per heavy atom. The van der Waals surface area contributed by atoms with E-state index in [9.17, 15) is 4.79 Å². The Morgan fingerprint density at radius 3 is 2.80 bits per heavy atom. The molecular formula is C18H21ClN4O2. The van der Waals surface area contributed by atoms with Gasteiger partial charge in [-0.2, -0.15) is 4.98 Å². The van der Waals surface area contributed by atoms with E-state index in [0.29, 0.717) is 22.5 Å². The Hall–Kier alpha value is -2.34. The van der Waals surface area contributed by atoms with E-state index in [1.54, 1.807) is 24.3 Å². The third-order valence-corrected chi connectivity index (χ3v) is 4.51. The van der Waals surface area contributed by atoms with Crippen molar-refractivity contribution < 1.29 is 9.53 Å². The fourth-order valence-corrected chi connectivity index (χ4v) is 2.90. The number of carbonyl (C=O) groups is 1. The highest BCUT2D eigenvalue weighted by Crippen LogP contribution is 2.23. The molecular weight excluding hydrogens is 340 g/mol. The van der Waals surface area contributed by atoms with Crippen LogP contribution in [0.1, 0.15) is 24.1 Å². The second-order valence-corrected chi connectivity index (χ2v) is 6.50. The Labute approximate surface area is 152 Å². The monoisotopic (exact) mass is 360 g/mol. The van der Waals surface area contributed by atoms with Gasteiger partial charge in [-0.15, -0.1) is 0 Å². The van der Waals surface area contributed by atoms with Gasteiger partial charge < -0.3 is 15.0 Å². The lowest BCUT2D eigenvalue weighted by molar-refractivity contribution is -0.118. The summed E-state index contributed by atoms with van der Waals surface area (Å²) in [7, 11) is 0. The highest BCUT2D eigenvalue weighted by Gasteiger charge is 2.16. The number of ether oxygens (including phenoxy) is 1. The molecule has 1 saturated heterocycles. The molecule has 2 heterocycles. The first-order valence-electron chi connectivity index (χ1n) is 8.31. The molecule has 1 aliphatic rings. The molecule has 1 fully saturated rings. The van der Waals surface area contributed by atoms with Crippen molar-refractivity contribution in [2.45, 2.75) is 26.7 Å². The molecule has 0 atom stereocenters. The van der Waals surface area contributed by atoms with Crippen molar-refractivity contribution in [3.8, 4) is 5.88 Å². The molecule has 1 aliphatic heterocycles. The summed E-state index contributed by atoms with van der Waals surface area (Å²) in [5.41, 5.74) is 2.32. The first-order valence-corrected chi connectivity index (χ1v) is 8.69. The van der Waals surface area contributed by atoms with Crippen LogP contribution in [-0.4, -0.2) is 35.6 Å². The number of nitrogens with zero attached hydrogens (tertiary/aromatic N) is 3. The summed E-state index contributed by atoms with van der Waals surface area (Å²) >= 11 is 6.06. The topological polar surface area (TPSA) is 67.3 Å².